The average Bonchev–Trinajstić information content (AvgIpc) is 2.27. The number of carbonyl (C=O) groups excluding carboxylic acids is 1. The first-order valence-electron chi connectivity index (χ1n) is 5.12. The minimum Gasteiger partial charge on any atom is -0.466 e. The van der Waals surface area contributed by atoms with Crippen LogP contribution in [-0.4, -0.2) is 12.6 Å². The van der Waals surface area contributed by atoms with Crippen LogP contribution in [-0.2, 0) is 9.53 Å². The Labute approximate surface area is 90.6 Å². The van der Waals surface area contributed by atoms with Crippen LogP contribution in [0, 0.1) is 0 Å². The summed E-state index contributed by atoms with van der Waals surface area (Å²) in [6.45, 7) is 4.25. The van der Waals surface area contributed by atoms with E-state index in [1.165, 1.54) is 0 Å². The van der Waals surface area contributed by atoms with Gasteiger partial charge in [-0.05, 0) is 25.0 Å². The van der Waals surface area contributed by atoms with Crippen molar-refractivity contribution in [3.63, 3.8) is 0 Å². The smallest absolute Gasteiger partial charge is 0.309 e. The Balaban J connectivity index is 2.57. The number of esters is 1. The summed E-state index contributed by atoms with van der Waals surface area (Å²) in [6.07, 6.45) is 2.24. The lowest BCUT2D eigenvalue weighted by molar-refractivity contribution is -0.142. The maximum atomic E-state index is 11.1. The van der Waals surface area contributed by atoms with Gasteiger partial charge in [0.05, 0.1) is 13.0 Å². The van der Waals surface area contributed by atoms with Crippen molar-refractivity contribution in [1.29, 1.82) is 0 Å². The standard InChI is InChI=1S/C13H16O2/c1-3-15-13(14)10-9-11(2)12-7-5-4-6-8-12/h4-9H,3,10H2,1-2H3/b11-9+. The zero-order valence-electron chi connectivity index (χ0n) is 9.19. The summed E-state index contributed by atoms with van der Waals surface area (Å²) in [6, 6.07) is 9.99. The predicted octanol–water partition coefficient (Wildman–Crippen LogP) is 3.04. The van der Waals surface area contributed by atoms with Gasteiger partial charge in [0.15, 0.2) is 0 Å². The first kappa shape index (κ1) is 11.5. The molecule has 0 saturated heterocycles. The van der Waals surface area contributed by atoms with Crippen LogP contribution in [0.4, 0.5) is 0 Å². The molecule has 0 radical (unpaired) electrons. The van der Waals surface area contributed by atoms with E-state index in [9.17, 15) is 4.79 Å². The third-order valence-corrected chi connectivity index (χ3v) is 2.11. The molecule has 0 amide bonds. The lowest BCUT2D eigenvalue weighted by Gasteiger charge is -2.01. The highest BCUT2D eigenvalue weighted by atomic mass is 16.5. The molecule has 0 aromatic heterocycles. The van der Waals surface area contributed by atoms with Gasteiger partial charge < -0.3 is 4.74 Å². The van der Waals surface area contributed by atoms with Crippen molar-refractivity contribution in [2.75, 3.05) is 6.61 Å². The van der Waals surface area contributed by atoms with Gasteiger partial charge in [0.1, 0.15) is 0 Å². The van der Waals surface area contributed by atoms with Gasteiger partial charge in [-0.1, -0.05) is 36.4 Å². The summed E-state index contributed by atoms with van der Waals surface area (Å²) in [5, 5.41) is 0. The fraction of sp³-hybridized carbons (Fsp3) is 0.308. The van der Waals surface area contributed by atoms with Gasteiger partial charge in [-0.2, -0.15) is 0 Å². The summed E-state index contributed by atoms with van der Waals surface area (Å²) < 4.78 is 4.84. The first-order chi connectivity index (χ1) is 7.24. The van der Waals surface area contributed by atoms with E-state index < -0.39 is 0 Å². The van der Waals surface area contributed by atoms with E-state index in [1.807, 2.05) is 50.3 Å². The second-order valence-electron chi connectivity index (χ2n) is 3.26. The molecule has 0 atom stereocenters. The van der Waals surface area contributed by atoms with Crippen LogP contribution >= 0.6 is 0 Å². The van der Waals surface area contributed by atoms with Crippen molar-refractivity contribution < 1.29 is 9.53 Å². The second kappa shape index (κ2) is 6.02. The van der Waals surface area contributed by atoms with Crippen molar-refractivity contribution in [3.8, 4) is 0 Å². The zero-order valence-corrected chi connectivity index (χ0v) is 9.19. The van der Waals surface area contributed by atoms with E-state index in [-0.39, 0.29) is 5.97 Å². The van der Waals surface area contributed by atoms with E-state index in [4.69, 9.17) is 4.74 Å². The van der Waals surface area contributed by atoms with Crippen molar-refractivity contribution >= 4 is 11.5 Å². The van der Waals surface area contributed by atoms with Crippen LogP contribution in [0.25, 0.3) is 5.57 Å². The van der Waals surface area contributed by atoms with Gasteiger partial charge in [-0.3, -0.25) is 4.79 Å². The van der Waals surface area contributed by atoms with Gasteiger partial charge in [-0.25, -0.2) is 0 Å². The highest BCUT2D eigenvalue weighted by Gasteiger charge is 1.99. The van der Waals surface area contributed by atoms with Gasteiger partial charge in [0.2, 0.25) is 0 Å². The van der Waals surface area contributed by atoms with E-state index in [0.29, 0.717) is 13.0 Å². The van der Waals surface area contributed by atoms with E-state index >= 15 is 0 Å². The fourth-order valence-electron chi connectivity index (χ4n) is 1.28. The molecule has 1 aromatic carbocycles. The molecule has 0 fully saturated rings. The second-order valence-corrected chi connectivity index (χ2v) is 3.26. The molecular formula is C13H16O2. The molecule has 2 heteroatoms. The topological polar surface area (TPSA) is 26.3 Å². The number of rotatable bonds is 4. The normalized spacial score (nSPS) is 11.2. The Kier molecular flexibility index (Phi) is 4.61. The van der Waals surface area contributed by atoms with Crippen molar-refractivity contribution in [3.05, 3.63) is 42.0 Å². The van der Waals surface area contributed by atoms with Crippen LogP contribution in [0.15, 0.2) is 36.4 Å². The molecule has 0 aliphatic rings. The molecule has 0 spiro atoms. The van der Waals surface area contributed by atoms with Gasteiger partial charge in [0.25, 0.3) is 0 Å². The molecule has 1 aromatic rings. The molecule has 0 aliphatic heterocycles. The molecule has 80 valence electrons. The van der Waals surface area contributed by atoms with Gasteiger partial charge in [-0.15, -0.1) is 0 Å². The largest absolute Gasteiger partial charge is 0.466 e. The van der Waals surface area contributed by atoms with Crippen LogP contribution < -0.4 is 0 Å². The molecule has 1 rings (SSSR count). The van der Waals surface area contributed by atoms with Crippen molar-refractivity contribution in [1.82, 2.24) is 0 Å². The highest BCUT2D eigenvalue weighted by Crippen LogP contribution is 2.13. The highest BCUT2D eigenvalue weighted by molar-refractivity contribution is 5.75. The van der Waals surface area contributed by atoms with Gasteiger partial charge in [0, 0.05) is 0 Å². The van der Waals surface area contributed by atoms with Gasteiger partial charge >= 0.3 is 5.97 Å². The number of hydrogen-bond donors (Lipinski definition) is 0. The lowest BCUT2D eigenvalue weighted by atomic mass is 10.1. The number of hydrogen-bond acceptors (Lipinski definition) is 2. The van der Waals surface area contributed by atoms with Crippen molar-refractivity contribution in [2.45, 2.75) is 20.3 Å². The molecule has 0 heterocycles. The lowest BCUT2D eigenvalue weighted by Crippen LogP contribution is -2.01. The molecule has 0 saturated carbocycles. The van der Waals surface area contributed by atoms with Crippen molar-refractivity contribution in [2.24, 2.45) is 0 Å². The quantitative estimate of drug-likeness (QED) is 0.704. The molecule has 15 heavy (non-hydrogen) atoms. The predicted molar refractivity (Wildman–Crippen MR) is 61.3 cm³/mol. The third kappa shape index (κ3) is 3.98. The Morgan fingerprint density at radius 3 is 2.60 bits per heavy atom. The maximum absolute atomic E-state index is 11.1. The Morgan fingerprint density at radius 2 is 2.00 bits per heavy atom. The minimum atomic E-state index is -0.173. The molecule has 0 aliphatic carbocycles. The van der Waals surface area contributed by atoms with E-state index in [0.717, 1.165) is 11.1 Å². The maximum Gasteiger partial charge on any atom is 0.309 e. The van der Waals surface area contributed by atoms with Crippen LogP contribution in [0.2, 0.25) is 0 Å². The Bertz CT molecular complexity index is 339. The minimum absolute atomic E-state index is 0.173. The summed E-state index contributed by atoms with van der Waals surface area (Å²) in [5.74, 6) is -0.173. The van der Waals surface area contributed by atoms with E-state index in [1.54, 1.807) is 0 Å². The number of ether oxygens (including phenoxy) is 1. The first-order valence-corrected chi connectivity index (χ1v) is 5.12. The Morgan fingerprint density at radius 1 is 1.33 bits per heavy atom. The molecular weight excluding hydrogens is 188 g/mol. The SMILES string of the molecule is CCOC(=O)C/C=C(\C)c1ccccc1. The number of carbonyl (C=O) groups is 1. The summed E-state index contributed by atoms with van der Waals surface area (Å²) in [4.78, 5) is 11.1. The summed E-state index contributed by atoms with van der Waals surface area (Å²) in [5.41, 5.74) is 2.24. The Hall–Kier alpha value is -1.57. The van der Waals surface area contributed by atoms with Crippen LogP contribution in [0.5, 0.6) is 0 Å². The average molecular weight is 204 g/mol. The van der Waals surface area contributed by atoms with Crippen LogP contribution in [0.3, 0.4) is 0 Å². The summed E-state index contributed by atoms with van der Waals surface area (Å²) >= 11 is 0. The molecule has 0 N–H and O–H groups in total. The monoisotopic (exact) mass is 204 g/mol. The number of allylic oxidation sites excluding steroid dienone is 1. The van der Waals surface area contributed by atoms with Crippen LogP contribution in [0.1, 0.15) is 25.8 Å². The summed E-state index contributed by atoms with van der Waals surface area (Å²) in [7, 11) is 0. The third-order valence-electron chi connectivity index (χ3n) is 2.11. The fourth-order valence-corrected chi connectivity index (χ4v) is 1.28. The molecule has 0 unspecified atom stereocenters. The van der Waals surface area contributed by atoms with E-state index in [2.05, 4.69) is 0 Å². The molecule has 2 nitrogen and oxygen atoms in total. The molecule has 0 bridgehead atoms. The zero-order chi connectivity index (χ0) is 11.1. The number of benzene rings is 1.